The van der Waals surface area contributed by atoms with Gasteiger partial charge in [-0.15, -0.1) is 0 Å². The second kappa shape index (κ2) is 6.15. The minimum Gasteiger partial charge on any atom is -0.484 e. The number of anilines is 1. The Hall–Kier alpha value is -1.72. The predicted octanol–water partition coefficient (Wildman–Crippen LogP) is 2.77. The number of carbonyl (C=O) groups is 1. The first-order valence-electron chi connectivity index (χ1n) is 5.81. The number of ether oxygens (including phenoxy) is 1. The van der Waals surface area contributed by atoms with Gasteiger partial charge in [-0.3, -0.25) is 14.4 Å². The number of likely N-dealkylation sites (N-methyl/N-ethyl adjacent to an activating group) is 1. The van der Waals surface area contributed by atoms with E-state index in [-0.39, 0.29) is 12.5 Å². The lowest BCUT2D eigenvalue weighted by molar-refractivity contribution is -0.120. The third-order valence-corrected chi connectivity index (χ3v) is 3.15. The Bertz CT molecular complexity index is 608. The Morgan fingerprint density at radius 2 is 2.00 bits per heavy atom. The summed E-state index contributed by atoms with van der Waals surface area (Å²) in [5.74, 6) is 0.932. The molecule has 2 aromatic rings. The maximum Gasteiger partial charge on any atom is 0.265 e. The van der Waals surface area contributed by atoms with Crippen LogP contribution in [0.3, 0.4) is 0 Å². The van der Waals surface area contributed by atoms with Crippen LogP contribution in [-0.2, 0) is 11.8 Å². The fourth-order valence-electron chi connectivity index (χ4n) is 1.68. The number of hydrogen-bond donors (Lipinski definition) is 0. The van der Waals surface area contributed by atoms with Gasteiger partial charge in [-0.2, -0.15) is 5.10 Å². The van der Waals surface area contributed by atoms with Crippen molar-refractivity contribution in [2.24, 2.45) is 7.05 Å². The van der Waals surface area contributed by atoms with Gasteiger partial charge in [-0.25, -0.2) is 0 Å². The normalized spacial score (nSPS) is 10.4. The van der Waals surface area contributed by atoms with Crippen molar-refractivity contribution in [2.45, 2.75) is 0 Å². The molecule has 0 aliphatic carbocycles. The maximum absolute atomic E-state index is 12.0. The number of amides is 1. The zero-order valence-electron chi connectivity index (χ0n) is 11.0. The van der Waals surface area contributed by atoms with E-state index in [1.165, 1.54) is 4.90 Å². The van der Waals surface area contributed by atoms with E-state index in [1.54, 1.807) is 49.2 Å². The quantitative estimate of drug-likeness (QED) is 0.872. The number of hydrogen-bond acceptors (Lipinski definition) is 3. The van der Waals surface area contributed by atoms with E-state index in [0.29, 0.717) is 21.6 Å². The standard InChI is InChI=1S/C13H13Cl2N3O2/c1-17(12-3-4-16-18(12)2)13(19)8-20-11-6-9(14)5-10(15)7-11/h3-7H,8H2,1-2H3. The number of nitrogens with zero attached hydrogens (tertiary/aromatic N) is 3. The van der Waals surface area contributed by atoms with Crippen molar-refractivity contribution in [1.82, 2.24) is 9.78 Å². The van der Waals surface area contributed by atoms with Crippen LogP contribution in [0, 0.1) is 0 Å². The average Bonchev–Trinajstić information content (AvgIpc) is 2.80. The summed E-state index contributed by atoms with van der Waals surface area (Å²) in [6.45, 7) is -0.113. The van der Waals surface area contributed by atoms with Crippen molar-refractivity contribution in [3.05, 3.63) is 40.5 Å². The fraction of sp³-hybridized carbons (Fsp3) is 0.231. The number of rotatable bonds is 4. The molecule has 106 valence electrons. The minimum absolute atomic E-state index is 0.113. The fourth-order valence-corrected chi connectivity index (χ4v) is 2.18. The van der Waals surface area contributed by atoms with Crippen LogP contribution in [0.25, 0.3) is 0 Å². The molecule has 0 aliphatic rings. The smallest absolute Gasteiger partial charge is 0.265 e. The third-order valence-electron chi connectivity index (χ3n) is 2.71. The van der Waals surface area contributed by atoms with E-state index in [2.05, 4.69) is 5.10 Å². The molecule has 20 heavy (non-hydrogen) atoms. The summed E-state index contributed by atoms with van der Waals surface area (Å²) in [7, 11) is 3.42. The predicted molar refractivity (Wildman–Crippen MR) is 78.6 cm³/mol. The maximum atomic E-state index is 12.0. The summed E-state index contributed by atoms with van der Waals surface area (Å²) in [4.78, 5) is 13.5. The molecule has 1 amide bonds. The van der Waals surface area contributed by atoms with Gasteiger partial charge in [0.25, 0.3) is 5.91 Å². The highest BCUT2D eigenvalue weighted by Gasteiger charge is 2.14. The first kappa shape index (κ1) is 14.7. The zero-order chi connectivity index (χ0) is 14.7. The molecule has 0 radical (unpaired) electrons. The third kappa shape index (κ3) is 3.43. The zero-order valence-corrected chi connectivity index (χ0v) is 12.5. The Kier molecular flexibility index (Phi) is 4.52. The highest BCUT2D eigenvalue weighted by molar-refractivity contribution is 6.34. The van der Waals surface area contributed by atoms with Crippen LogP contribution in [0.5, 0.6) is 5.75 Å². The van der Waals surface area contributed by atoms with Gasteiger partial charge in [0.1, 0.15) is 11.6 Å². The molecule has 0 bridgehead atoms. The summed E-state index contributed by atoms with van der Waals surface area (Å²) in [5, 5.41) is 4.93. The molecule has 1 aromatic heterocycles. The number of halogens is 2. The van der Waals surface area contributed by atoms with Gasteiger partial charge in [0.2, 0.25) is 0 Å². The molecule has 1 heterocycles. The number of aryl methyl sites for hydroxylation is 1. The second-order valence-corrected chi connectivity index (χ2v) is 5.03. The number of carbonyl (C=O) groups excluding carboxylic acids is 1. The van der Waals surface area contributed by atoms with Gasteiger partial charge in [-0.05, 0) is 18.2 Å². The largest absolute Gasteiger partial charge is 0.484 e. The number of benzene rings is 1. The first-order chi connectivity index (χ1) is 9.47. The van der Waals surface area contributed by atoms with Gasteiger partial charge in [0.05, 0.1) is 6.20 Å². The molecule has 0 spiro atoms. The van der Waals surface area contributed by atoms with Crippen molar-refractivity contribution >= 4 is 34.9 Å². The van der Waals surface area contributed by atoms with E-state index in [1.807, 2.05) is 0 Å². The lowest BCUT2D eigenvalue weighted by Gasteiger charge is -2.17. The Labute approximate surface area is 126 Å². The van der Waals surface area contributed by atoms with Crippen molar-refractivity contribution in [1.29, 1.82) is 0 Å². The molecule has 0 saturated heterocycles. The molecule has 0 unspecified atom stereocenters. The first-order valence-corrected chi connectivity index (χ1v) is 6.56. The lowest BCUT2D eigenvalue weighted by atomic mass is 10.3. The summed E-state index contributed by atoms with van der Waals surface area (Å²) in [6, 6.07) is 6.54. The molecule has 0 atom stereocenters. The van der Waals surface area contributed by atoms with Crippen molar-refractivity contribution in [3.63, 3.8) is 0 Å². The second-order valence-electron chi connectivity index (χ2n) is 4.16. The van der Waals surface area contributed by atoms with E-state index >= 15 is 0 Å². The summed E-state index contributed by atoms with van der Waals surface area (Å²) in [6.07, 6.45) is 1.62. The Morgan fingerprint density at radius 1 is 1.35 bits per heavy atom. The van der Waals surface area contributed by atoms with Gasteiger partial charge in [0.15, 0.2) is 6.61 Å². The molecular formula is C13H13Cl2N3O2. The molecular weight excluding hydrogens is 301 g/mol. The van der Waals surface area contributed by atoms with Crippen LogP contribution in [0.2, 0.25) is 10.0 Å². The summed E-state index contributed by atoms with van der Waals surface area (Å²) < 4.78 is 7.00. The van der Waals surface area contributed by atoms with Crippen LogP contribution >= 0.6 is 23.2 Å². The van der Waals surface area contributed by atoms with Gasteiger partial charge < -0.3 is 4.74 Å². The molecule has 0 aliphatic heterocycles. The topological polar surface area (TPSA) is 47.4 Å². The Morgan fingerprint density at radius 3 is 2.55 bits per heavy atom. The highest BCUT2D eigenvalue weighted by Crippen LogP contribution is 2.24. The van der Waals surface area contributed by atoms with Gasteiger partial charge >= 0.3 is 0 Å². The van der Waals surface area contributed by atoms with Crippen LogP contribution in [-0.4, -0.2) is 29.3 Å². The van der Waals surface area contributed by atoms with Crippen LogP contribution < -0.4 is 9.64 Å². The molecule has 2 rings (SSSR count). The van der Waals surface area contributed by atoms with Gasteiger partial charge in [-0.1, -0.05) is 23.2 Å². The molecule has 7 heteroatoms. The van der Waals surface area contributed by atoms with Gasteiger partial charge in [0, 0.05) is 30.2 Å². The summed E-state index contributed by atoms with van der Waals surface area (Å²) in [5.41, 5.74) is 0. The monoisotopic (exact) mass is 313 g/mol. The summed E-state index contributed by atoms with van der Waals surface area (Å²) >= 11 is 11.7. The van der Waals surface area contributed by atoms with E-state index in [9.17, 15) is 4.79 Å². The molecule has 5 nitrogen and oxygen atoms in total. The highest BCUT2D eigenvalue weighted by atomic mass is 35.5. The van der Waals surface area contributed by atoms with Crippen molar-refractivity contribution < 1.29 is 9.53 Å². The van der Waals surface area contributed by atoms with Crippen molar-refractivity contribution in [3.8, 4) is 5.75 Å². The van der Waals surface area contributed by atoms with E-state index < -0.39 is 0 Å². The van der Waals surface area contributed by atoms with E-state index in [4.69, 9.17) is 27.9 Å². The van der Waals surface area contributed by atoms with Crippen LogP contribution in [0.15, 0.2) is 30.5 Å². The average molecular weight is 314 g/mol. The van der Waals surface area contributed by atoms with Crippen LogP contribution in [0.1, 0.15) is 0 Å². The molecule has 0 fully saturated rings. The van der Waals surface area contributed by atoms with E-state index in [0.717, 1.165) is 0 Å². The lowest BCUT2D eigenvalue weighted by Crippen LogP contribution is -2.32. The molecule has 1 aromatic carbocycles. The minimum atomic E-state index is -0.204. The molecule has 0 N–H and O–H groups in total. The van der Waals surface area contributed by atoms with Crippen molar-refractivity contribution in [2.75, 3.05) is 18.6 Å². The number of aromatic nitrogens is 2. The Balaban J connectivity index is 2.00. The molecule has 0 saturated carbocycles. The SMILES string of the molecule is CN(C(=O)COc1cc(Cl)cc(Cl)c1)c1ccnn1C. The van der Waals surface area contributed by atoms with Crippen LogP contribution in [0.4, 0.5) is 5.82 Å².